The molecule has 20 nitrogen and oxygen atoms in total. The molecule has 0 aliphatic carbocycles. The number of anilines is 2. The Balaban J connectivity index is 0.000000209. The average Bonchev–Trinajstić information content (AvgIpc) is 2.05. The van der Waals surface area contributed by atoms with E-state index in [4.69, 9.17) is 9.47 Å². The van der Waals surface area contributed by atoms with Crippen LogP contribution in [-0.4, -0.2) is 161 Å². The highest BCUT2D eigenvalue weighted by atomic mass is 19.4. The molecule has 4 aromatic heterocycles. The number of alkyl halides is 6. The highest BCUT2D eigenvalue weighted by Gasteiger charge is 2.42. The third-order valence-electron chi connectivity index (χ3n) is 15.8. The quantitative estimate of drug-likeness (QED) is 0.0746. The number of para-hydroxylation sites is 2. The van der Waals surface area contributed by atoms with Crippen LogP contribution in [0.25, 0.3) is 33.8 Å². The molecule has 4 aromatic carbocycles. The summed E-state index contributed by atoms with van der Waals surface area (Å²) < 4.78 is 97.9. The Bertz CT molecular complexity index is 3630. The van der Waals surface area contributed by atoms with Crippen molar-refractivity contribution in [2.24, 2.45) is 0 Å². The van der Waals surface area contributed by atoms with Crippen LogP contribution in [0.1, 0.15) is 94.1 Å². The van der Waals surface area contributed by atoms with E-state index in [0.717, 1.165) is 23.5 Å². The summed E-state index contributed by atoms with van der Waals surface area (Å²) >= 11 is 0. The van der Waals surface area contributed by atoms with Crippen LogP contribution in [-0.2, 0) is 21.9 Å². The topological polar surface area (TPSA) is 225 Å². The van der Waals surface area contributed by atoms with Crippen molar-refractivity contribution < 1.29 is 65.2 Å². The van der Waals surface area contributed by atoms with Gasteiger partial charge in [-0.15, -0.1) is 0 Å². The summed E-state index contributed by atoms with van der Waals surface area (Å²) in [5.74, 6) is -0.372. The van der Waals surface area contributed by atoms with E-state index in [1.54, 1.807) is 82.6 Å². The number of ether oxygens (including phenoxy) is 2. The number of nitrogens with one attached hydrogen (secondary N) is 2. The lowest BCUT2D eigenvalue weighted by Gasteiger charge is -2.43. The molecule has 0 unspecified atom stereocenters. The van der Waals surface area contributed by atoms with Crippen molar-refractivity contribution in [2.45, 2.75) is 78.1 Å². The normalized spacial score (nSPS) is 16.6. The largest absolute Gasteiger partial charge is 0.497 e. The second-order valence-corrected chi connectivity index (χ2v) is 21.5. The van der Waals surface area contributed by atoms with Gasteiger partial charge in [0.15, 0.2) is 22.7 Å². The first-order valence-electron chi connectivity index (χ1n) is 28.1. The Morgan fingerprint density at radius 2 is 0.920 bits per heavy atom. The summed E-state index contributed by atoms with van der Waals surface area (Å²) in [5, 5.41) is 34.2. The summed E-state index contributed by atoms with van der Waals surface area (Å²) in [6.45, 7) is 10.7. The van der Waals surface area contributed by atoms with Crippen molar-refractivity contribution in [3.05, 3.63) is 154 Å². The van der Waals surface area contributed by atoms with E-state index in [2.05, 4.69) is 30.8 Å². The number of rotatable bonds is 14. The highest BCUT2D eigenvalue weighted by Crippen LogP contribution is 2.40. The van der Waals surface area contributed by atoms with E-state index in [1.165, 1.54) is 41.9 Å². The number of aromatic nitrogens is 6. The van der Waals surface area contributed by atoms with Gasteiger partial charge in [0.05, 0.1) is 63.3 Å². The zero-order valence-electron chi connectivity index (χ0n) is 49.4. The first-order chi connectivity index (χ1) is 41.9. The number of piperazine rings is 2. The molecule has 0 spiro atoms. The maximum Gasteiger partial charge on any atom is 0.433 e. The number of methoxy groups -OCH3 is 2. The fourth-order valence-corrected chi connectivity index (χ4v) is 11.6. The fraction of sp³-hybridized carbons (Fsp3) is 0.355. The van der Waals surface area contributed by atoms with E-state index >= 15 is 0 Å². The zero-order chi connectivity index (χ0) is 63.5. The lowest BCUT2D eigenvalue weighted by Crippen LogP contribution is -2.55. The van der Waals surface area contributed by atoms with Crippen LogP contribution in [0.3, 0.4) is 0 Å². The monoisotopic (exact) mass is 1220 g/mol. The number of nitrogens with zero attached hydrogens (tertiary/aromatic N) is 10. The number of carbonyl (C=O) groups excluding carboxylic acids is 4. The number of fused-ring (bicyclic) bond motifs is 2. The molecule has 4 amide bonds. The molecule has 4 atom stereocenters. The van der Waals surface area contributed by atoms with Gasteiger partial charge in [-0.3, -0.25) is 29.0 Å². The molecule has 4 N–H and O–H groups in total. The molecule has 8 aromatic rings. The van der Waals surface area contributed by atoms with Crippen molar-refractivity contribution in [1.29, 1.82) is 0 Å². The van der Waals surface area contributed by atoms with E-state index in [9.17, 15) is 55.7 Å². The summed E-state index contributed by atoms with van der Waals surface area (Å²) in [7, 11) is 2.98. The van der Waals surface area contributed by atoms with Crippen molar-refractivity contribution >= 4 is 46.3 Å². The van der Waals surface area contributed by atoms with E-state index in [1.807, 2.05) is 47.9 Å². The first-order valence-corrected chi connectivity index (χ1v) is 28.1. The van der Waals surface area contributed by atoms with Gasteiger partial charge in [-0.2, -0.15) is 36.5 Å². The molecule has 0 bridgehead atoms. The van der Waals surface area contributed by atoms with E-state index in [0.29, 0.717) is 69.2 Å². The van der Waals surface area contributed by atoms with Crippen molar-refractivity contribution in [3.63, 3.8) is 0 Å². The smallest absolute Gasteiger partial charge is 0.433 e. The minimum atomic E-state index is -4.76. The van der Waals surface area contributed by atoms with Crippen LogP contribution in [0, 0.1) is 13.8 Å². The number of amides is 4. The fourth-order valence-electron chi connectivity index (χ4n) is 11.6. The van der Waals surface area contributed by atoms with Gasteiger partial charge >= 0.3 is 12.4 Å². The Morgan fingerprint density at radius 1 is 0.568 bits per heavy atom. The summed E-state index contributed by atoms with van der Waals surface area (Å²) in [6.07, 6.45) is -7.25. The molecule has 464 valence electrons. The predicted molar refractivity (Wildman–Crippen MR) is 315 cm³/mol. The molecular weight excluding hydrogens is 1150 g/mol. The third-order valence-corrected chi connectivity index (χ3v) is 15.8. The van der Waals surface area contributed by atoms with Gasteiger partial charge in [-0.05, 0) is 99.5 Å². The Morgan fingerprint density at radius 3 is 1.23 bits per heavy atom. The Labute approximate surface area is 502 Å². The number of carbonyl (C=O) groups is 4. The number of halogens is 6. The van der Waals surface area contributed by atoms with E-state index < -0.39 is 47.6 Å². The Hall–Kier alpha value is -8.98. The van der Waals surface area contributed by atoms with Gasteiger partial charge < -0.3 is 40.1 Å². The van der Waals surface area contributed by atoms with Gasteiger partial charge in [-0.1, -0.05) is 36.4 Å². The number of benzene rings is 4. The number of aliphatic hydroxyl groups excluding tert-OH is 2. The highest BCUT2D eigenvalue weighted by molar-refractivity contribution is 6.01. The number of hydrogen-bond acceptors (Lipinski definition) is 14. The standard InChI is InChI=1S/2C31H33F3N6O4/c2*1-18-16-38(26(17-41)23-7-5-6-8-25(23)36-20(3)42)13-14-39(18)30(43)24-15-35-40-28(31(32,33)34)19(2)27(37-29(24)40)21-9-11-22(44-4)12-10-21/h2*5-12,15,18,26,41H,13-14,16-17H2,1-4H3,(H,36,42)/t18-,26+;18-,26-/m11/s1. The lowest BCUT2D eigenvalue weighted by molar-refractivity contribution is -0.144. The Kier molecular flexibility index (Phi) is 18.9. The van der Waals surface area contributed by atoms with Crippen LogP contribution in [0.15, 0.2) is 109 Å². The molecule has 10 rings (SSSR count). The van der Waals surface area contributed by atoms with E-state index in [-0.39, 0.29) is 95.1 Å². The zero-order valence-corrected chi connectivity index (χ0v) is 49.4. The van der Waals surface area contributed by atoms with Crippen molar-refractivity contribution in [1.82, 2.24) is 48.8 Å². The SMILES string of the molecule is COc1ccc(-c2nc3c(C(=O)N4CCN([C@@H](CO)c5ccccc5NC(C)=O)C[C@H]4C)cnn3c(C(F)(F)F)c2C)cc1.COc1ccc(-c2nc3c(C(=O)N4CCN([C@H](CO)c5ccccc5NC(C)=O)C[C@H]4C)cnn3c(C(F)(F)F)c2C)cc1. The van der Waals surface area contributed by atoms with Gasteiger partial charge in [0.1, 0.15) is 22.6 Å². The summed E-state index contributed by atoms with van der Waals surface area (Å²) in [5.41, 5.74) is 1.00. The van der Waals surface area contributed by atoms with Gasteiger partial charge in [0.25, 0.3) is 11.8 Å². The summed E-state index contributed by atoms with van der Waals surface area (Å²) in [6, 6.07) is 25.8. The molecule has 26 heteroatoms. The maximum atomic E-state index is 14.4. The molecule has 6 heterocycles. The van der Waals surface area contributed by atoms with Crippen LogP contribution in [0.5, 0.6) is 11.5 Å². The minimum Gasteiger partial charge on any atom is -0.497 e. The second kappa shape index (κ2) is 26.2. The van der Waals surface area contributed by atoms with Crippen molar-refractivity contribution in [2.75, 3.05) is 77.3 Å². The van der Waals surface area contributed by atoms with Crippen LogP contribution >= 0.6 is 0 Å². The van der Waals surface area contributed by atoms with Crippen LogP contribution in [0.4, 0.5) is 37.7 Å². The molecular formula is C62H66F6N12O8. The number of hydrogen-bond donors (Lipinski definition) is 4. The van der Waals surface area contributed by atoms with Gasteiger partial charge in [0.2, 0.25) is 11.8 Å². The molecule has 88 heavy (non-hydrogen) atoms. The average molecular weight is 1220 g/mol. The molecule has 0 radical (unpaired) electrons. The van der Waals surface area contributed by atoms with Crippen molar-refractivity contribution in [3.8, 4) is 34.0 Å². The maximum absolute atomic E-state index is 14.4. The second-order valence-electron chi connectivity index (χ2n) is 21.5. The van der Waals surface area contributed by atoms with Crippen LogP contribution < -0.4 is 20.1 Å². The third kappa shape index (κ3) is 13.0. The lowest BCUT2D eigenvalue weighted by atomic mass is 10.0. The molecule has 2 fully saturated rings. The summed E-state index contributed by atoms with van der Waals surface area (Å²) in [4.78, 5) is 67.5. The molecule has 2 saturated heterocycles. The molecule has 2 aliphatic heterocycles. The van der Waals surface area contributed by atoms with Gasteiger partial charge in [0, 0.05) is 98.8 Å². The molecule has 0 saturated carbocycles. The minimum absolute atomic E-state index is 0.0414. The predicted octanol–water partition coefficient (Wildman–Crippen LogP) is 9.14. The number of aliphatic hydroxyl groups is 2. The first kappa shape index (κ1) is 63.5. The van der Waals surface area contributed by atoms with Gasteiger partial charge in [-0.25, -0.2) is 19.0 Å². The van der Waals surface area contributed by atoms with Crippen LogP contribution in [0.2, 0.25) is 0 Å². The molecule has 2 aliphatic rings.